The van der Waals surface area contributed by atoms with E-state index in [9.17, 15) is 14.3 Å². The Kier molecular flexibility index (Phi) is 8.22. The number of amides is 1. The molecule has 1 rings (SSSR count). The fourth-order valence-corrected chi connectivity index (χ4v) is 2.82. The van der Waals surface area contributed by atoms with Crippen LogP contribution in [0.5, 0.6) is 0 Å². The van der Waals surface area contributed by atoms with Crippen molar-refractivity contribution in [2.45, 2.75) is 65.8 Å². The van der Waals surface area contributed by atoms with Gasteiger partial charge in [-0.25, -0.2) is 4.39 Å². The maximum Gasteiger partial charge on any atom is 0.243 e. The molecular formula is C21H35FN2O2. The Labute approximate surface area is 157 Å². The van der Waals surface area contributed by atoms with E-state index in [1.165, 1.54) is 0 Å². The third-order valence-corrected chi connectivity index (χ3v) is 4.96. The first-order valence-corrected chi connectivity index (χ1v) is 9.45. The lowest BCUT2D eigenvalue weighted by Gasteiger charge is -2.32. The van der Waals surface area contributed by atoms with Crippen LogP contribution in [0.1, 0.15) is 60.3 Å². The first kappa shape index (κ1) is 22.6. The second-order valence-electron chi connectivity index (χ2n) is 8.33. The average molecular weight is 367 g/mol. The highest BCUT2D eigenvalue weighted by atomic mass is 19.1. The molecule has 1 amide bonds. The Morgan fingerprint density at radius 3 is 2.58 bits per heavy atom. The molecule has 4 nitrogen and oxygen atoms in total. The van der Waals surface area contributed by atoms with E-state index < -0.39 is 5.54 Å². The van der Waals surface area contributed by atoms with Crippen molar-refractivity contribution in [3.05, 3.63) is 35.8 Å². The molecule has 3 N–H and O–H groups in total. The number of allylic oxidation sites excluding steroid dienone is 4. The predicted molar refractivity (Wildman–Crippen MR) is 105 cm³/mol. The second-order valence-corrected chi connectivity index (χ2v) is 8.33. The molecule has 1 aliphatic rings. The average Bonchev–Trinajstić information content (AvgIpc) is 2.58. The van der Waals surface area contributed by atoms with E-state index in [2.05, 4.69) is 30.2 Å². The lowest BCUT2D eigenvalue weighted by Crippen LogP contribution is -2.52. The number of hydrogen-bond acceptors (Lipinski definition) is 3. The molecule has 148 valence electrons. The van der Waals surface area contributed by atoms with Gasteiger partial charge in [0.25, 0.3) is 0 Å². The minimum absolute atomic E-state index is 0.0555. The van der Waals surface area contributed by atoms with Gasteiger partial charge >= 0.3 is 0 Å². The summed E-state index contributed by atoms with van der Waals surface area (Å²) < 4.78 is 12.7. The van der Waals surface area contributed by atoms with E-state index in [1.54, 1.807) is 0 Å². The Bertz CT molecular complexity index is 577. The fraction of sp³-hybridized carbons (Fsp3) is 0.667. The van der Waals surface area contributed by atoms with Crippen molar-refractivity contribution in [1.29, 1.82) is 0 Å². The van der Waals surface area contributed by atoms with E-state index in [0.29, 0.717) is 25.3 Å². The van der Waals surface area contributed by atoms with Crippen LogP contribution in [-0.2, 0) is 4.79 Å². The van der Waals surface area contributed by atoms with Crippen LogP contribution in [0.25, 0.3) is 0 Å². The van der Waals surface area contributed by atoms with Crippen LogP contribution >= 0.6 is 0 Å². The zero-order valence-electron chi connectivity index (χ0n) is 16.9. The van der Waals surface area contributed by atoms with Gasteiger partial charge in [-0.15, -0.1) is 0 Å². The molecule has 0 heterocycles. The van der Waals surface area contributed by atoms with Crippen molar-refractivity contribution >= 4 is 5.91 Å². The zero-order chi connectivity index (χ0) is 20.0. The fourth-order valence-electron chi connectivity index (χ4n) is 2.82. The maximum atomic E-state index is 12.7. The molecule has 0 aromatic carbocycles. The molecule has 5 heteroatoms. The molecule has 1 unspecified atom stereocenters. The SMILES string of the molecule is C=C(F)CCCNC(C)(C)C(=O)NC1=CC(C(C)(C)CO)=CC(CC)C1. The quantitative estimate of drug-likeness (QED) is 0.512. The Balaban J connectivity index is 2.77. The van der Waals surface area contributed by atoms with Gasteiger partial charge in [-0.05, 0) is 63.6 Å². The van der Waals surface area contributed by atoms with Crippen molar-refractivity contribution < 1.29 is 14.3 Å². The van der Waals surface area contributed by atoms with Crippen molar-refractivity contribution in [2.24, 2.45) is 11.3 Å². The van der Waals surface area contributed by atoms with E-state index in [0.717, 1.165) is 24.1 Å². The molecular weight excluding hydrogens is 331 g/mol. The van der Waals surface area contributed by atoms with E-state index in [1.807, 2.05) is 33.8 Å². The van der Waals surface area contributed by atoms with Gasteiger partial charge in [0.1, 0.15) is 0 Å². The highest BCUT2D eigenvalue weighted by molar-refractivity contribution is 5.87. The van der Waals surface area contributed by atoms with Crippen molar-refractivity contribution in [3.63, 3.8) is 0 Å². The standard InChI is InChI=1S/C21H35FN2O2/c1-7-16-11-17(20(3,4)14-25)13-18(12-16)24-19(26)21(5,6)23-10-8-9-15(2)22/h11,13,16,23,25H,2,7-10,12,14H2,1,3-6H3,(H,24,26). The largest absolute Gasteiger partial charge is 0.395 e. The highest BCUT2D eigenvalue weighted by Gasteiger charge is 2.30. The molecule has 26 heavy (non-hydrogen) atoms. The van der Waals surface area contributed by atoms with Gasteiger partial charge in [-0.1, -0.05) is 33.4 Å². The summed E-state index contributed by atoms with van der Waals surface area (Å²) in [4.78, 5) is 12.7. The molecule has 0 radical (unpaired) electrons. The summed E-state index contributed by atoms with van der Waals surface area (Å²) in [6.07, 6.45) is 6.86. The Morgan fingerprint density at radius 1 is 1.38 bits per heavy atom. The van der Waals surface area contributed by atoms with Crippen molar-refractivity contribution in [1.82, 2.24) is 10.6 Å². The number of hydrogen-bond donors (Lipinski definition) is 3. The lowest BCUT2D eigenvalue weighted by atomic mass is 9.78. The molecule has 0 bridgehead atoms. The minimum atomic E-state index is -0.756. The third kappa shape index (κ3) is 6.69. The van der Waals surface area contributed by atoms with Gasteiger partial charge < -0.3 is 15.7 Å². The monoisotopic (exact) mass is 366 g/mol. The molecule has 0 saturated heterocycles. The second kappa shape index (κ2) is 9.47. The molecule has 1 atom stereocenters. The number of carbonyl (C=O) groups is 1. The summed E-state index contributed by atoms with van der Waals surface area (Å²) in [6.45, 7) is 13.6. The first-order valence-electron chi connectivity index (χ1n) is 9.45. The highest BCUT2D eigenvalue weighted by Crippen LogP contribution is 2.34. The number of rotatable bonds is 10. The minimum Gasteiger partial charge on any atom is -0.395 e. The summed E-state index contributed by atoms with van der Waals surface area (Å²) in [5.74, 6) is -0.0960. The number of aliphatic hydroxyl groups excluding tert-OH is 1. The van der Waals surface area contributed by atoms with Crippen LogP contribution in [-0.4, -0.2) is 29.7 Å². The van der Waals surface area contributed by atoms with Gasteiger partial charge in [0.05, 0.1) is 18.0 Å². The Hall–Kier alpha value is -1.46. The summed E-state index contributed by atoms with van der Waals surface area (Å²) in [6, 6.07) is 0. The van der Waals surface area contributed by atoms with Crippen LogP contribution in [0, 0.1) is 11.3 Å². The summed E-state index contributed by atoms with van der Waals surface area (Å²) in [5.41, 5.74) is 0.842. The van der Waals surface area contributed by atoms with Gasteiger partial charge in [0.15, 0.2) is 0 Å². The number of nitrogens with one attached hydrogen (secondary N) is 2. The van der Waals surface area contributed by atoms with Crippen molar-refractivity contribution in [3.8, 4) is 0 Å². The van der Waals surface area contributed by atoms with E-state index in [-0.39, 0.29) is 23.8 Å². The van der Waals surface area contributed by atoms with Crippen molar-refractivity contribution in [2.75, 3.05) is 13.2 Å². The Morgan fingerprint density at radius 2 is 2.04 bits per heavy atom. The van der Waals surface area contributed by atoms with Gasteiger partial charge in [-0.2, -0.15) is 0 Å². The van der Waals surface area contributed by atoms with Crippen LogP contribution in [0.4, 0.5) is 4.39 Å². The molecule has 0 fully saturated rings. The number of halogens is 1. The molecule has 0 saturated carbocycles. The summed E-state index contributed by atoms with van der Waals surface area (Å²) in [7, 11) is 0. The van der Waals surface area contributed by atoms with Crippen LogP contribution < -0.4 is 10.6 Å². The van der Waals surface area contributed by atoms with Crippen LogP contribution in [0.2, 0.25) is 0 Å². The molecule has 0 aromatic heterocycles. The van der Waals surface area contributed by atoms with Crippen LogP contribution in [0.3, 0.4) is 0 Å². The molecule has 0 aliphatic heterocycles. The van der Waals surface area contributed by atoms with Gasteiger partial charge in [0.2, 0.25) is 5.91 Å². The van der Waals surface area contributed by atoms with Crippen LogP contribution in [0.15, 0.2) is 35.8 Å². The van der Waals surface area contributed by atoms with E-state index in [4.69, 9.17) is 0 Å². The molecule has 0 spiro atoms. The number of aliphatic hydroxyl groups is 1. The first-order chi connectivity index (χ1) is 12.0. The third-order valence-electron chi connectivity index (χ3n) is 4.96. The predicted octanol–water partition coefficient (Wildman–Crippen LogP) is 3.99. The summed E-state index contributed by atoms with van der Waals surface area (Å²) >= 11 is 0. The molecule has 0 aromatic rings. The zero-order valence-corrected chi connectivity index (χ0v) is 16.9. The normalized spacial score (nSPS) is 18.2. The van der Waals surface area contributed by atoms with Gasteiger partial charge in [-0.3, -0.25) is 4.79 Å². The van der Waals surface area contributed by atoms with E-state index >= 15 is 0 Å². The lowest BCUT2D eigenvalue weighted by molar-refractivity contribution is -0.125. The van der Waals surface area contributed by atoms with Gasteiger partial charge in [0, 0.05) is 11.1 Å². The number of carbonyl (C=O) groups excluding carboxylic acids is 1. The molecule has 1 aliphatic carbocycles. The maximum absolute atomic E-state index is 12.7. The summed E-state index contributed by atoms with van der Waals surface area (Å²) in [5, 5.41) is 15.9. The topological polar surface area (TPSA) is 61.4 Å². The smallest absolute Gasteiger partial charge is 0.243 e.